The van der Waals surface area contributed by atoms with Gasteiger partial charge in [-0.1, -0.05) is 42.8 Å². The highest BCUT2D eigenvalue weighted by atomic mass is 35.5. The fourth-order valence-electron chi connectivity index (χ4n) is 2.82. The number of nitro benzene ring substituents is 1. The fourth-order valence-corrected chi connectivity index (χ4v) is 2.95. The van der Waals surface area contributed by atoms with Crippen molar-refractivity contribution in [1.29, 1.82) is 0 Å². The topological polar surface area (TPSA) is 75.8 Å². The summed E-state index contributed by atoms with van der Waals surface area (Å²) in [5.74, 6) is -0.125. The van der Waals surface area contributed by atoms with Crippen LogP contribution in [-0.2, 0) is 4.79 Å². The van der Waals surface area contributed by atoms with Gasteiger partial charge in [-0.25, -0.2) is 5.01 Å². The van der Waals surface area contributed by atoms with E-state index in [0.29, 0.717) is 23.4 Å². The van der Waals surface area contributed by atoms with E-state index in [9.17, 15) is 14.9 Å². The minimum atomic E-state index is -0.439. The average molecular weight is 358 g/mol. The normalized spacial score (nSPS) is 16.6. The maximum absolute atomic E-state index is 12.3. The van der Waals surface area contributed by atoms with Gasteiger partial charge in [0.2, 0.25) is 5.91 Å². The molecule has 0 bridgehead atoms. The Bertz CT molecular complexity index is 849. The summed E-state index contributed by atoms with van der Waals surface area (Å²) < 4.78 is 0. The molecule has 7 heteroatoms. The monoisotopic (exact) mass is 357 g/mol. The summed E-state index contributed by atoms with van der Waals surface area (Å²) in [5, 5.41) is 17.6. The lowest BCUT2D eigenvalue weighted by molar-refractivity contribution is -0.384. The Morgan fingerprint density at radius 1 is 1.32 bits per heavy atom. The smallest absolute Gasteiger partial charge is 0.269 e. The number of non-ortho nitro benzene ring substituents is 1. The predicted molar refractivity (Wildman–Crippen MR) is 95.6 cm³/mol. The molecule has 1 aliphatic heterocycles. The van der Waals surface area contributed by atoms with E-state index in [2.05, 4.69) is 5.10 Å². The summed E-state index contributed by atoms with van der Waals surface area (Å²) in [6.45, 7) is 1.77. The van der Waals surface area contributed by atoms with E-state index in [1.807, 2.05) is 12.1 Å². The second-order valence-electron chi connectivity index (χ2n) is 5.72. The molecule has 0 fully saturated rings. The molecular weight excluding hydrogens is 342 g/mol. The molecule has 128 valence electrons. The van der Waals surface area contributed by atoms with E-state index in [1.54, 1.807) is 31.2 Å². The van der Waals surface area contributed by atoms with Crippen molar-refractivity contribution < 1.29 is 9.72 Å². The second-order valence-corrected chi connectivity index (χ2v) is 6.15. The summed E-state index contributed by atoms with van der Waals surface area (Å²) in [7, 11) is 0. The summed E-state index contributed by atoms with van der Waals surface area (Å²) in [6.07, 6.45) is 0.803. The van der Waals surface area contributed by atoms with Crippen molar-refractivity contribution in [2.24, 2.45) is 5.10 Å². The predicted octanol–water partition coefficient (Wildman–Crippen LogP) is 4.34. The van der Waals surface area contributed by atoms with Crippen LogP contribution in [0, 0.1) is 10.1 Å². The number of halogens is 1. The van der Waals surface area contributed by atoms with Gasteiger partial charge >= 0.3 is 0 Å². The van der Waals surface area contributed by atoms with Crippen molar-refractivity contribution >= 4 is 28.9 Å². The molecule has 0 aliphatic carbocycles. The van der Waals surface area contributed by atoms with Gasteiger partial charge < -0.3 is 0 Å². The van der Waals surface area contributed by atoms with Crippen molar-refractivity contribution in [3.63, 3.8) is 0 Å². The molecule has 0 unspecified atom stereocenters. The molecule has 2 aromatic carbocycles. The zero-order valence-corrected chi connectivity index (χ0v) is 14.3. The first-order chi connectivity index (χ1) is 12.0. The van der Waals surface area contributed by atoms with E-state index in [0.717, 1.165) is 11.3 Å². The molecule has 0 aromatic heterocycles. The summed E-state index contributed by atoms with van der Waals surface area (Å²) in [5.41, 5.74) is 2.34. The van der Waals surface area contributed by atoms with Gasteiger partial charge in [-0.2, -0.15) is 5.10 Å². The number of hydrogen-bond donors (Lipinski definition) is 0. The Kier molecular flexibility index (Phi) is 4.81. The van der Waals surface area contributed by atoms with E-state index >= 15 is 0 Å². The third-order valence-corrected chi connectivity index (χ3v) is 4.36. The molecular formula is C18H16ClN3O3. The van der Waals surface area contributed by atoms with Gasteiger partial charge in [-0.15, -0.1) is 0 Å². The summed E-state index contributed by atoms with van der Waals surface area (Å²) in [6, 6.07) is 13.2. The van der Waals surface area contributed by atoms with Crippen LogP contribution in [0.15, 0.2) is 53.6 Å². The zero-order valence-electron chi connectivity index (χ0n) is 13.6. The number of hydrazone groups is 1. The number of carbonyl (C=O) groups excluding carboxylic acids is 1. The molecule has 1 atom stereocenters. The highest BCUT2D eigenvalue weighted by Gasteiger charge is 2.32. The minimum Gasteiger partial charge on any atom is -0.273 e. The number of carbonyl (C=O) groups is 1. The Morgan fingerprint density at radius 2 is 2.04 bits per heavy atom. The highest BCUT2D eigenvalue weighted by molar-refractivity contribution is 6.30. The number of nitro groups is 1. The molecule has 1 heterocycles. The third kappa shape index (κ3) is 3.53. The highest BCUT2D eigenvalue weighted by Crippen LogP contribution is 2.34. The van der Waals surface area contributed by atoms with E-state index < -0.39 is 4.92 Å². The van der Waals surface area contributed by atoms with Crippen molar-refractivity contribution in [1.82, 2.24) is 5.01 Å². The summed E-state index contributed by atoms with van der Waals surface area (Å²) in [4.78, 5) is 22.9. The maximum Gasteiger partial charge on any atom is 0.269 e. The number of rotatable bonds is 4. The van der Waals surface area contributed by atoms with Crippen LogP contribution in [0.5, 0.6) is 0 Å². The molecule has 0 saturated heterocycles. The van der Waals surface area contributed by atoms with Crippen molar-refractivity contribution in [3.05, 3.63) is 74.8 Å². The maximum atomic E-state index is 12.3. The summed E-state index contributed by atoms with van der Waals surface area (Å²) >= 11 is 5.92. The molecule has 2 aromatic rings. The van der Waals surface area contributed by atoms with Crippen LogP contribution in [0.3, 0.4) is 0 Å². The molecule has 1 aliphatic rings. The molecule has 25 heavy (non-hydrogen) atoms. The molecule has 0 radical (unpaired) electrons. The van der Waals surface area contributed by atoms with Crippen LogP contribution in [0.2, 0.25) is 5.02 Å². The number of nitrogens with zero attached hydrogens (tertiary/aromatic N) is 3. The van der Waals surface area contributed by atoms with Crippen LogP contribution in [0.1, 0.15) is 36.9 Å². The molecule has 0 saturated carbocycles. The Labute approximate surface area is 149 Å². The van der Waals surface area contributed by atoms with Gasteiger partial charge in [-0.05, 0) is 23.3 Å². The van der Waals surface area contributed by atoms with Gasteiger partial charge in [0.05, 0.1) is 16.7 Å². The Balaban J connectivity index is 1.96. The fraction of sp³-hybridized carbons (Fsp3) is 0.222. The first-order valence-corrected chi connectivity index (χ1v) is 8.27. The Hall–Kier alpha value is -2.73. The number of benzene rings is 2. The van der Waals surface area contributed by atoms with Crippen molar-refractivity contribution in [2.75, 3.05) is 0 Å². The molecule has 0 spiro atoms. The minimum absolute atomic E-state index is 0.00124. The quantitative estimate of drug-likeness (QED) is 0.603. The standard InChI is InChI=1S/C18H16ClN3O3/c1-2-18(23)21-17(13-4-3-5-15(10-13)22(24)25)11-16(20-21)12-6-8-14(19)9-7-12/h3-10,17H,2,11H2,1H3/t17-/m1/s1. The van der Waals surface area contributed by atoms with E-state index in [1.165, 1.54) is 17.1 Å². The largest absolute Gasteiger partial charge is 0.273 e. The second kappa shape index (κ2) is 7.03. The van der Waals surface area contributed by atoms with Crippen LogP contribution in [-0.4, -0.2) is 21.6 Å². The lowest BCUT2D eigenvalue weighted by Gasteiger charge is -2.21. The molecule has 1 amide bonds. The van der Waals surface area contributed by atoms with Crippen molar-refractivity contribution in [2.45, 2.75) is 25.8 Å². The number of hydrogen-bond acceptors (Lipinski definition) is 4. The SMILES string of the molecule is CCC(=O)N1N=C(c2ccc(Cl)cc2)C[C@@H]1c1cccc([N+](=O)[O-])c1. The van der Waals surface area contributed by atoms with Gasteiger partial charge in [-0.3, -0.25) is 14.9 Å². The van der Waals surface area contributed by atoms with E-state index in [-0.39, 0.29) is 17.6 Å². The first kappa shape index (κ1) is 17.1. The average Bonchev–Trinajstić information content (AvgIpc) is 3.07. The van der Waals surface area contributed by atoms with Crippen molar-refractivity contribution in [3.8, 4) is 0 Å². The van der Waals surface area contributed by atoms with Gasteiger partial charge in [0.1, 0.15) is 0 Å². The lowest BCUT2D eigenvalue weighted by atomic mass is 9.98. The third-order valence-electron chi connectivity index (χ3n) is 4.11. The van der Waals surface area contributed by atoms with Gasteiger partial charge in [0, 0.05) is 30.0 Å². The first-order valence-electron chi connectivity index (χ1n) is 7.89. The molecule has 6 nitrogen and oxygen atoms in total. The van der Waals surface area contributed by atoms with Gasteiger partial charge in [0.25, 0.3) is 5.69 Å². The molecule has 3 rings (SSSR count). The van der Waals surface area contributed by atoms with Crippen LogP contribution in [0.25, 0.3) is 0 Å². The zero-order chi connectivity index (χ0) is 18.0. The molecule has 0 N–H and O–H groups in total. The lowest BCUT2D eigenvalue weighted by Crippen LogP contribution is -2.26. The van der Waals surface area contributed by atoms with E-state index in [4.69, 9.17) is 11.6 Å². The Morgan fingerprint density at radius 3 is 2.68 bits per heavy atom. The van der Waals surface area contributed by atoms with Gasteiger partial charge in [0.15, 0.2) is 0 Å². The van der Waals surface area contributed by atoms with Crippen LogP contribution < -0.4 is 0 Å². The van der Waals surface area contributed by atoms with Crippen LogP contribution in [0.4, 0.5) is 5.69 Å². The van der Waals surface area contributed by atoms with Crippen LogP contribution >= 0.6 is 11.6 Å². The number of amides is 1.